The van der Waals surface area contributed by atoms with Crippen LogP contribution in [0.5, 0.6) is 5.75 Å². The lowest BCUT2D eigenvalue weighted by Crippen LogP contribution is -2.58. The van der Waals surface area contributed by atoms with E-state index in [1.165, 1.54) is 43.3 Å². The van der Waals surface area contributed by atoms with Crippen LogP contribution in [0.15, 0.2) is 54.6 Å². The third-order valence-corrected chi connectivity index (χ3v) is 3.99. The van der Waals surface area contributed by atoms with Crippen LogP contribution in [0.4, 0.5) is 17.6 Å². The summed E-state index contributed by atoms with van der Waals surface area (Å²) in [7, 11) is 0. The molecule has 0 saturated heterocycles. The quantitative estimate of drug-likeness (QED) is 0.623. The van der Waals surface area contributed by atoms with Gasteiger partial charge in [0.15, 0.2) is 6.10 Å². The number of ether oxygens (including phenoxy) is 1. The Morgan fingerprint density at radius 3 is 2.36 bits per heavy atom. The zero-order valence-corrected chi connectivity index (χ0v) is 14.8. The van der Waals surface area contributed by atoms with Gasteiger partial charge in [-0.2, -0.15) is 13.2 Å². The van der Waals surface area contributed by atoms with E-state index in [0.29, 0.717) is 0 Å². The zero-order chi connectivity index (χ0) is 20.9. The summed E-state index contributed by atoms with van der Waals surface area (Å²) in [5.41, 5.74) is -4.46. The molecule has 3 unspecified atom stereocenters. The molecule has 0 fully saturated rings. The molecule has 0 spiro atoms. The van der Waals surface area contributed by atoms with Crippen molar-refractivity contribution in [3.8, 4) is 5.75 Å². The minimum Gasteiger partial charge on any atom is -0.489 e. The monoisotopic (exact) mass is 401 g/mol. The molecule has 3 atom stereocenters. The maximum atomic E-state index is 13.5. The molecule has 0 aliphatic carbocycles. The van der Waals surface area contributed by atoms with E-state index < -0.39 is 41.3 Å². The fraction of sp³-hybridized carbons (Fsp3) is 0.316. The number of hydrogen-bond donors (Lipinski definition) is 3. The largest absolute Gasteiger partial charge is 0.489 e. The Hall–Kier alpha value is -2.65. The van der Waals surface area contributed by atoms with Gasteiger partial charge >= 0.3 is 6.18 Å². The molecular formula is C19H19F4NO4. The number of alkyl halides is 3. The minimum absolute atomic E-state index is 0.165. The first-order valence-electron chi connectivity index (χ1n) is 8.28. The van der Waals surface area contributed by atoms with Gasteiger partial charge in [0.25, 0.3) is 5.91 Å². The number of benzene rings is 2. The highest BCUT2D eigenvalue weighted by Crippen LogP contribution is 2.41. The van der Waals surface area contributed by atoms with Crippen LogP contribution in [-0.2, 0) is 10.4 Å². The number of carbonyl (C=O) groups is 1. The average Bonchev–Trinajstić information content (AvgIpc) is 2.64. The van der Waals surface area contributed by atoms with Crippen molar-refractivity contribution in [2.24, 2.45) is 0 Å². The maximum Gasteiger partial charge on any atom is 0.424 e. The Balaban J connectivity index is 2.07. The van der Waals surface area contributed by atoms with Crippen molar-refractivity contribution in [3.05, 3.63) is 66.0 Å². The van der Waals surface area contributed by atoms with Crippen molar-refractivity contribution in [1.29, 1.82) is 0 Å². The topological polar surface area (TPSA) is 78.8 Å². The molecule has 0 aliphatic heterocycles. The summed E-state index contributed by atoms with van der Waals surface area (Å²) in [6.45, 7) is 1.21. The predicted octanol–water partition coefficient (Wildman–Crippen LogP) is 2.52. The summed E-state index contributed by atoms with van der Waals surface area (Å²) in [5.74, 6) is -1.81. The fourth-order valence-electron chi connectivity index (χ4n) is 2.51. The number of halogens is 4. The van der Waals surface area contributed by atoms with E-state index in [1.54, 1.807) is 0 Å². The summed E-state index contributed by atoms with van der Waals surface area (Å²) in [4.78, 5) is 12.1. The van der Waals surface area contributed by atoms with Gasteiger partial charge in [-0.05, 0) is 24.6 Å². The number of hydrogen-bond acceptors (Lipinski definition) is 4. The van der Waals surface area contributed by atoms with Gasteiger partial charge in [0, 0.05) is 6.07 Å². The molecule has 0 bridgehead atoms. The molecule has 28 heavy (non-hydrogen) atoms. The third kappa shape index (κ3) is 4.79. The molecule has 0 heterocycles. The van der Waals surface area contributed by atoms with Crippen molar-refractivity contribution >= 4 is 5.91 Å². The number of aliphatic hydroxyl groups excluding tert-OH is 1. The van der Waals surface area contributed by atoms with Gasteiger partial charge in [-0.1, -0.05) is 36.4 Å². The molecule has 3 N–H and O–H groups in total. The summed E-state index contributed by atoms with van der Waals surface area (Å²) in [6, 6.07) is 11.0. The third-order valence-electron chi connectivity index (χ3n) is 3.99. The second-order valence-electron chi connectivity index (χ2n) is 6.16. The fourth-order valence-corrected chi connectivity index (χ4v) is 2.51. The molecular weight excluding hydrogens is 382 g/mol. The van der Waals surface area contributed by atoms with Gasteiger partial charge in [-0.3, -0.25) is 4.79 Å². The van der Waals surface area contributed by atoms with Gasteiger partial charge in [0.05, 0.1) is 6.54 Å². The van der Waals surface area contributed by atoms with Crippen molar-refractivity contribution in [3.63, 3.8) is 0 Å². The molecule has 0 aliphatic rings. The molecule has 152 valence electrons. The molecule has 2 aromatic carbocycles. The van der Waals surface area contributed by atoms with Crippen LogP contribution < -0.4 is 10.1 Å². The summed E-state index contributed by atoms with van der Waals surface area (Å²) < 4.78 is 58.9. The number of nitrogens with one attached hydrogen (secondary N) is 1. The van der Waals surface area contributed by atoms with E-state index in [-0.39, 0.29) is 12.3 Å². The van der Waals surface area contributed by atoms with E-state index in [4.69, 9.17) is 4.74 Å². The highest BCUT2D eigenvalue weighted by atomic mass is 19.4. The van der Waals surface area contributed by atoms with E-state index >= 15 is 0 Å². The average molecular weight is 401 g/mol. The lowest BCUT2D eigenvalue weighted by Gasteiger charge is -2.34. The van der Waals surface area contributed by atoms with Crippen LogP contribution in [0.1, 0.15) is 12.5 Å². The first-order valence-corrected chi connectivity index (χ1v) is 8.28. The summed E-state index contributed by atoms with van der Waals surface area (Å²) in [6.07, 6.45) is -8.86. The highest BCUT2D eigenvalue weighted by molar-refractivity contribution is 5.82. The van der Waals surface area contributed by atoms with E-state index in [2.05, 4.69) is 5.32 Å². The van der Waals surface area contributed by atoms with Crippen LogP contribution in [0.3, 0.4) is 0 Å². The van der Waals surface area contributed by atoms with Crippen molar-refractivity contribution in [1.82, 2.24) is 5.32 Å². The van der Waals surface area contributed by atoms with Crippen LogP contribution >= 0.6 is 0 Å². The van der Waals surface area contributed by atoms with Gasteiger partial charge in [-0.25, -0.2) is 4.39 Å². The smallest absolute Gasteiger partial charge is 0.424 e. The Bertz CT molecular complexity index is 800. The van der Waals surface area contributed by atoms with Crippen molar-refractivity contribution in [2.75, 3.05) is 6.54 Å². The van der Waals surface area contributed by atoms with Crippen molar-refractivity contribution < 1.29 is 37.3 Å². The first-order chi connectivity index (χ1) is 13.1. The number of amides is 1. The molecule has 2 aromatic rings. The molecule has 2 rings (SSSR count). The highest BCUT2D eigenvalue weighted by Gasteiger charge is 2.61. The van der Waals surface area contributed by atoms with Crippen LogP contribution in [0, 0.1) is 5.82 Å². The molecule has 9 heteroatoms. The molecule has 0 aromatic heterocycles. The second kappa shape index (κ2) is 8.57. The molecule has 0 radical (unpaired) electrons. The van der Waals surface area contributed by atoms with E-state index in [1.807, 2.05) is 0 Å². The number of rotatable bonds is 7. The first kappa shape index (κ1) is 21.6. The van der Waals surface area contributed by atoms with Crippen LogP contribution in [-0.4, -0.2) is 41.0 Å². The number of carbonyl (C=O) groups excluding carboxylic acids is 1. The predicted molar refractivity (Wildman–Crippen MR) is 91.9 cm³/mol. The van der Waals surface area contributed by atoms with Crippen LogP contribution in [0.2, 0.25) is 0 Å². The molecule has 5 nitrogen and oxygen atoms in total. The van der Waals surface area contributed by atoms with Gasteiger partial charge in [0.1, 0.15) is 17.7 Å². The van der Waals surface area contributed by atoms with Gasteiger partial charge in [-0.15, -0.1) is 0 Å². The van der Waals surface area contributed by atoms with Gasteiger partial charge < -0.3 is 20.3 Å². The summed E-state index contributed by atoms with van der Waals surface area (Å²) in [5, 5.41) is 22.3. The minimum atomic E-state index is -5.31. The maximum absolute atomic E-state index is 13.5. The lowest BCUT2D eigenvalue weighted by atomic mass is 9.87. The number of aliphatic hydroxyl groups is 2. The normalized spacial score (nSPS) is 16.0. The lowest BCUT2D eigenvalue weighted by molar-refractivity contribution is -0.293. The molecule has 1 amide bonds. The van der Waals surface area contributed by atoms with Crippen LogP contribution in [0.25, 0.3) is 0 Å². The molecule has 0 saturated carbocycles. The standard InChI is InChI=1S/C19H19F4NO4/c1-12(28-15-9-5-8-14(20)10-15)11-24-17(26)16(25)18(27,19(21,22)23)13-6-3-2-4-7-13/h2-10,12,16,25,27H,11H2,1H3,(H,24,26). The Kier molecular flexibility index (Phi) is 6.63. The zero-order valence-electron chi connectivity index (χ0n) is 14.8. The Labute approximate surface area is 158 Å². The summed E-state index contributed by atoms with van der Waals surface area (Å²) >= 11 is 0. The SMILES string of the molecule is CC(CNC(=O)C(O)C(O)(c1ccccc1)C(F)(F)F)Oc1cccc(F)c1. The van der Waals surface area contributed by atoms with Crippen molar-refractivity contribution in [2.45, 2.75) is 30.9 Å². The van der Waals surface area contributed by atoms with E-state index in [9.17, 15) is 32.6 Å². The Morgan fingerprint density at radius 2 is 1.79 bits per heavy atom. The van der Waals surface area contributed by atoms with E-state index in [0.717, 1.165) is 18.2 Å². The Morgan fingerprint density at radius 1 is 1.14 bits per heavy atom. The second-order valence-corrected chi connectivity index (χ2v) is 6.16. The van der Waals surface area contributed by atoms with Gasteiger partial charge in [0.2, 0.25) is 5.60 Å².